The maximum atomic E-state index is 13.4. The molecule has 0 atom stereocenters. The van der Waals surface area contributed by atoms with Crippen LogP contribution in [-0.4, -0.2) is 16.5 Å². The molecule has 0 bridgehead atoms. The van der Waals surface area contributed by atoms with Crippen LogP contribution < -0.4 is 11.3 Å². The molecule has 0 saturated carbocycles. The first kappa shape index (κ1) is 14.3. The highest BCUT2D eigenvalue weighted by molar-refractivity contribution is 5.45. The fourth-order valence-electron chi connectivity index (χ4n) is 2.21. The van der Waals surface area contributed by atoms with E-state index in [4.69, 9.17) is 10.5 Å². The topological polar surface area (TPSA) is 62.2 Å². The lowest BCUT2D eigenvalue weighted by Crippen LogP contribution is -2.22. The van der Waals surface area contributed by atoms with Gasteiger partial charge in [0.25, 0.3) is 5.56 Å². The van der Waals surface area contributed by atoms with Gasteiger partial charge in [-0.1, -0.05) is 13.0 Å². The zero-order valence-electron chi connectivity index (χ0n) is 11.6. The Kier molecular flexibility index (Phi) is 4.24. The Bertz CT molecular complexity index is 661. The summed E-state index contributed by atoms with van der Waals surface area (Å²) in [6.45, 7) is 2.83. The summed E-state index contributed by atoms with van der Waals surface area (Å²) >= 11 is 0. The second-order valence-electron chi connectivity index (χ2n) is 4.51. The molecule has 0 aliphatic heterocycles. The van der Waals surface area contributed by atoms with Gasteiger partial charge in [-0.05, 0) is 24.6 Å². The maximum Gasteiger partial charge on any atom is 0.294 e. The van der Waals surface area contributed by atoms with Crippen molar-refractivity contribution >= 4 is 5.69 Å². The van der Waals surface area contributed by atoms with Gasteiger partial charge in [0.1, 0.15) is 11.5 Å². The Labute approximate surface area is 116 Å². The van der Waals surface area contributed by atoms with Gasteiger partial charge in [0.15, 0.2) is 0 Å². The molecule has 0 unspecified atom stereocenters. The van der Waals surface area contributed by atoms with Gasteiger partial charge >= 0.3 is 0 Å². The largest absolute Gasteiger partial charge is 0.393 e. The quantitative estimate of drug-likeness (QED) is 0.909. The van der Waals surface area contributed by atoms with Gasteiger partial charge in [-0.2, -0.15) is 0 Å². The number of halogens is 1. The number of benzene rings is 1. The van der Waals surface area contributed by atoms with Crippen molar-refractivity contribution in [2.75, 3.05) is 12.8 Å². The molecule has 0 aliphatic carbocycles. The van der Waals surface area contributed by atoms with Crippen LogP contribution in [0.3, 0.4) is 0 Å². The molecule has 6 heteroatoms. The monoisotopic (exact) mass is 279 g/mol. The number of nitrogen functional groups attached to an aromatic ring is 1. The van der Waals surface area contributed by atoms with Gasteiger partial charge in [-0.15, -0.1) is 0 Å². The maximum absolute atomic E-state index is 13.4. The molecule has 0 spiro atoms. The Hall–Kier alpha value is -2.08. The SMILES string of the molecule is CCCn1c(COC)c(N)c(=O)n1-c1cccc(F)c1. The second-order valence-corrected chi connectivity index (χ2v) is 4.51. The van der Waals surface area contributed by atoms with Gasteiger partial charge < -0.3 is 10.5 Å². The standard InChI is InChI=1S/C14H18FN3O2/c1-3-7-17-12(9-20-2)13(16)14(19)18(17)11-6-4-5-10(15)8-11/h4-6,8H,3,7,9,16H2,1-2H3. The number of ether oxygens (including phenoxy) is 1. The van der Waals surface area contributed by atoms with E-state index in [1.54, 1.807) is 23.9 Å². The fourth-order valence-corrected chi connectivity index (χ4v) is 2.21. The summed E-state index contributed by atoms with van der Waals surface area (Å²) in [5, 5.41) is 0. The van der Waals surface area contributed by atoms with E-state index in [9.17, 15) is 9.18 Å². The first-order valence-corrected chi connectivity index (χ1v) is 6.45. The van der Waals surface area contributed by atoms with Crippen LogP contribution in [-0.2, 0) is 17.9 Å². The summed E-state index contributed by atoms with van der Waals surface area (Å²) in [5.74, 6) is -0.398. The smallest absolute Gasteiger partial charge is 0.294 e. The Balaban J connectivity index is 2.68. The minimum atomic E-state index is -0.398. The van der Waals surface area contributed by atoms with E-state index < -0.39 is 5.82 Å². The van der Waals surface area contributed by atoms with E-state index in [1.807, 2.05) is 6.92 Å². The highest BCUT2D eigenvalue weighted by Crippen LogP contribution is 2.16. The van der Waals surface area contributed by atoms with Crippen LogP contribution in [0.2, 0.25) is 0 Å². The summed E-state index contributed by atoms with van der Waals surface area (Å²) in [6.07, 6.45) is 0.819. The van der Waals surface area contributed by atoms with Crippen LogP contribution in [0.5, 0.6) is 0 Å². The molecule has 0 fully saturated rings. The van der Waals surface area contributed by atoms with E-state index >= 15 is 0 Å². The normalized spacial score (nSPS) is 10.9. The third kappa shape index (κ3) is 2.46. The van der Waals surface area contributed by atoms with E-state index in [0.29, 0.717) is 17.9 Å². The number of nitrogens with two attached hydrogens (primary N) is 1. The number of anilines is 1. The summed E-state index contributed by atoms with van der Waals surface area (Å²) in [6, 6.07) is 5.88. The highest BCUT2D eigenvalue weighted by Gasteiger charge is 2.18. The van der Waals surface area contributed by atoms with Crippen molar-refractivity contribution in [3.63, 3.8) is 0 Å². The third-order valence-electron chi connectivity index (χ3n) is 3.06. The first-order valence-electron chi connectivity index (χ1n) is 6.45. The molecule has 108 valence electrons. The molecule has 2 rings (SSSR count). The molecule has 0 radical (unpaired) electrons. The Morgan fingerprint density at radius 1 is 1.40 bits per heavy atom. The molecule has 0 aliphatic rings. The van der Waals surface area contributed by atoms with Crippen molar-refractivity contribution in [1.82, 2.24) is 9.36 Å². The van der Waals surface area contributed by atoms with Crippen LogP contribution in [0.4, 0.5) is 10.1 Å². The predicted molar refractivity (Wildman–Crippen MR) is 75.4 cm³/mol. The lowest BCUT2D eigenvalue weighted by Gasteiger charge is -2.13. The predicted octanol–water partition coefficient (Wildman–Crippen LogP) is 1.92. The van der Waals surface area contributed by atoms with E-state index in [2.05, 4.69) is 0 Å². The van der Waals surface area contributed by atoms with Gasteiger partial charge in [0.05, 0.1) is 18.0 Å². The van der Waals surface area contributed by atoms with Crippen LogP contribution in [0.1, 0.15) is 19.0 Å². The lowest BCUT2D eigenvalue weighted by atomic mass is 10.3. The van der Waals surface area contributed by atoms with E-state index in [-0.39, 0.29) is 17.9 Å². The summed E-state index contributed by atoms with van der Waals surface area (Å²) in [7, 11) is 1.54. The van der Waals surface area contributed by atoms with Gasteiger partial charge in [-0.3, -0.25) is 9.48 Å². The number of methoxy groups -OCH3 is 1. The highest BCUT2D eigenvalue weighted by atomic mass is 19.1. The molecule has 0 saturated heterocycles. The number of nitrogens with zero attached hydrogens (tertiary/aromatic N) is 2. The Morgan fingerprint density at radius 2 is 2.15 bits per heavy atom. The first-order chi connectivity index (χ1) is 9.60. The summed E-state index contributed by atoms with van der Waals surface area (Å²) in [4.78, 5) is 12.3. The number of hydrogen-bond acceptors (Lipinski definition) is 3. The van der Waals surface area contributed by atoms with Crippen LogP contribution in [0.25, 0.3) is 5.69 Å². The molecule has 0 amide bonds. The van der Waals surface area contributed by atoms with Crippen LogP contribution in [0.15, 0.2) is 29.1 Å². The average molecular weight is 279 g/mol. The Morgan fingerprint density at radius 3 is 2.75 bits per heavy atom. The fraction of sp³-hybridized carbons (Fsp3) is 0.357. The van der Waals surface area contributed by atoms with Gasteiger partial charge in [-0.25, -0.2) is 9.07 Å². The lowest BCUT2D eigenvalue weighted by molar-refractivity contribution is 0.176. The molecular weight excluding hydrogens is 261 g/mol. The van der Waals surface area contributed by atoms with Crippen LogP contribution in [0, 0.1) is 5.82 Å². The minimum Gasteiger partial charge on any atom is -0.393 e. The summed E-state index contributed by atoms with van der Waals surface area (Å²) < 4.78 is 21.6. The zero-order chi connectivity index (χ0) is 14.7. The molecular formula is C14H18FN3O2. The average Bonchev–Trinajstić information content (AvgIpc) is 2.65. The molecule has 1 heterocycles. The second kappa shape index (κ2) is 5.92. The van der Waals surface area contributed by atoms with Crippen molar-refractivity contribution in [2.24, 2.45) is 0 Å². The summed E-state index contributed by atoms with van der Waals surface area (Å²) in [5.41, 5.74) is 6.73. The molecule has 5 nitrogen and oxygen atoms in total. The third-order valence-corrected chi connectivity index (χ3v) is 3.06. The van der Waals surface area contributed by atoms with E-state index in [1.165, 1.54) is 16.8 Å². The minimum absolute atomic E-state index is 0.143. The van der Waals surface area contributed by atoms with Crippen LogP contribution >= 0.6 is 0 Å². The molecule has 2 aromatic rings. The van der Waals surface area contributed by atoms with Crippen molar-refractivity contribution in [3.05, 3.63) is 46.1 Å². The number of aromatic nitrogens is 2. The van der Waals surface area contributed by atoms with Crippen molar-refractivity contribution in [1.29, 1.82) is 0 Å². The van der Waals surface area contributed by atoms with Gasteiger partial charge in [0.2, 0.25) is 0 Å². The van der Waals surface area contributed by atoms with Crippen molar-refractivity contribution < 1.29 is 9.13 Å². The zero-order valence-corrected chi connectivity index (χ0v) is 11.6. The van der Waals surface area contributed by atoms with Crippen molar-refractivity contribution in [3.8, 4) is 5.69 Å². The number of rotatable bonds is 5. The molecule has 1 aromatic carbocycles. The van der Waals surface area contributed by atoms with Crippen molar-refractivity contribution in [2.45, 2.75) is 26.5 Å². The number of hydrogen-bond donors (Lipinski definition) is 1. The molecule has 1 aromatic heterocycles. The molecule has 20 heavy (non-hydrogen) atoms. The van der Waals surface area contributed by atoms with Gasteiger partial charge in [0, 0.05) is 13.7 Å². The van der Waals surface area contributed by atoms with E-state index in [0.717, 1.165) is 6.42 Å². The molecule has 2 N–H and O–H groups in total.